The minimum Gasteiger partial charge on any atom is -0.325 e. The lowest BCUT2D eigenvalue weighted by atomic mass is 10.1. The summed E-state index contributed by atoms with van der Waals surface area (Å²) in [6, 6.07) is 12.2. The Morgan fingerprint density at radius 1 is 1.08 bits per heavy atom. The number of carbonyl (C=O) groups excluding carboxylic acids is 2. The molecule has 26 heavy (non-hydrogen) atoms. The van der Waals surface area contributed by atoms with Gasteiger partial charge in [0.1, 0.15) is 6.04 Å². The Morgan fingerprint density at radius 3 is 2.38 bits per heavy atom. The average molecular weight is 391 g/mol. The second kappa shape index (κ2) is 7.68. The van der Waals surface area contributed by atoms with Crippen LogP contribution >= 0.6 is 23.2 Å². The van der Waals surface area contributed by atoms with Gasteiger partial charge in [0.05, 0.1) is 10.0 Å². The molecule has 4 nitrogen and oxygen atoms in total. The topological polar surface area (TPSA) is 40.6 Å². The van der Waals surface area contributed by atoms with Crippen molar-refractivity contribution in [1.82, 2.24) is 4.90 Å². The predicted molar refractivity (Wildman–Crippen MR) is 105 cm³/mol. The van der Waals surface area contributed by atoms with Crippen molar-refractivity contribution in [1.29, 1.82) is 0 Å². The molecule has 0 spiro atoms. The summed E-state index contributed by atoms with van der Waals surface area (Å²) in [5.41, 5.74) is 2.52. The predicted octanol–water partition coefficient (Wildman–Crippen LogP) is 4.43. The van der Waals surface area contributed by atoms with Gasteiger partial charge in [-0.15, -0.1) is 0 Å². The summed E-state index contributed by atoms with van der Waals surface area (Å²) in [6.07, 6.45) is 0.955. The molecule has 2 aromatic carbocycles. The van der Waals surface area contributed by atoms with Crippen LogP contribution in [-0.2, 0) is 11.2 Å². The first-order valence-electron chi connectivity index (χ1n) is 8.58. The van der Waals surface area contributed by atoms with Crippen LogP contribution < -0.4 is 4.90 Å². The van der Waals surface area contributed by atoms with Crippen LogP contribution in [0.1, 0.15) is 29.8 Å². The van der Waals surface area contributed by atoms with E-state index in [2.05, 4.69) is 6.92 Å². The summed E-state index contributed by atoms with van der Waals surface area (Å²) in [5.74, 6) is -0.306. The number of piperazine rings is 1. The van der Waals surface area contributed by atoms with E-state index in [-0.39, 0.29) is 11.8 Å². The molecule has 0 aliphatic carbocycles. The van der Waals surface area contributed by atoms with E-state index in [4.69, 9.17) is 23.2 Å². The molecule has 1 aliphatic heterocycles. The van der Waals surface area contributed by atoms with Crippen molar-refractivity contribution in [2.45, 2.75) is 26.3 Å². The zero-order valence-electron chi connectivity index (χ0n) is 14.7. The van der Waals surface area contributed by atoms with Gasteiger partial charge in [-0.1, -0.05) is 42.3 Å². The minimum atomic E-state index is -0.545. The molecule has 0 N–H and O–H groups in total. The normalized spacial score (nSPS) is 17.5. The zero-order chi connectivity index (χ0) is 18.8. The Kier molecular flexibility index (Phi) is 5.54. The third kappa shape index (κ3) is 3.57. The number of halogens is 2. The third-order valence-electron chi connectivity index (χ3n) is 4.74. The highest BCUT2D eigenvalue weighted by molar-refractivity contribution is 6.42. The van der Waals surface area contributed by atoms with Crippen LogP contribution in [0.4, 0.5) is 5.69 Å². The summed E-state index contributed by atoms with van der Waals surface area (Å²) in [6.45, 7) is 4.77. The van der Waals surface area contributed by atoms with Crippen LogP contribution in [0.5, 0.6) is 0 Å². The fourth-order valence-electron chi connectivity index (χ4n) is 3.11. The Balaban J connectivity index is 1.78. The number of carbonyl (C=O) groups is 2. The molecule has 1 heterocycles. The number of aryl methyl sites for hydroxylation is 1. The Labute approximate surface area is 163 Å². The molecule has 1 atom stereocenters. The largest absolute Gasteiger partial charge is 0.325 e. The van der Waals surface area contributed by atoms with E-state index >= 15 is 0 Å². The number of amides is 2. The van der Waals surface area contributed by atoms with E-state index in [1.807, 2.05) is 24.3 Å². The molecule has 0 saturated carbocycles. The Bertz CT molecular complexity index is 836. The molecule has 2 amide bonds. The average Bonchev–Trinajstić information content (AvgIpc) is 2.66. The molecular weight excluding hydrogens is 371 g/mol. The van der Waals surface area contributed by atoms with Crippen molar-refractivity contribution < 1.29 is 9.59 Å². The molecular formula is C20H20Cl2N2O2. The van der Waals surface area contributed by atoms with Crippen molar-refractivity contribution in [2.24, 2.45) is 0 Å². The molecule has 1 aliphatic rings. The highest BCUT2D eigenvalue weighted by Crippen LogP contribution is 2.26. The van der Waals surface area contributed by atoms with Crippen molar-refractivity contribution in [3.05, 3.63) is 63.6 Å². The molecule has 1 saturated heterocycles. The Hall–Kier alpha value is -2.04. The number of rotatable bonds is 3. The summed E-state index contributed by atoms with van der Waals surface area (Å²) >= 11 is 11.9. The molecule has 6 heteroatoms. The van der Waals surface area contributed by atoms with E-state index in [9.17, 15) is 9.59 Å². The van der Waals surface area contributed by atoms with E-state index < -0.39 is 6.04 Å². The van der Waals surface area contributed by atoms with Gasteiger partial charge in [0.25, 0.3) is 5.91 Å². The van der Waals surface area contributed by atoms with Gasteiger partial charge < -0.3 is 9.80 Å². The monoisotopic (exact) mass is 390 g/mol. The van der Waals surface area contributed by atoms with Crippen LogP contribution in [0.25, 0.3) is 0 Å². The standard InChI is InChI=1S/C20H20Cl2N2O2/c1-3-14-4-7-16(8-5-14)24-11-10-23(13(2)19(24)25)20(26)15-6-9-17(21)18(22)12-15/h4-9,12-13H,3,10-11H2,1-2H3/t13-/m1/s1. The number of anilines is 1. The highest BCUT2D eigenvalue weighted by Gasteiger charge is 2.35. The lowest BCUT2D eigenvalue weighted by Gasteiger charge is -2.39. The van der Waals surface area contributed by atoms with Gasteiger partial charge in [-0.3, -0.25) is 9.59 Å². The smallest absolute Gasteiger partial charge is 0.254 e. The molecule has 136 valence electrons. The van der Waals surface area contributed by atoms with Gasteiger partial charge in [-0.2, -0.15) is 0 Å². The number of hydrogen-bond donors (Lipinski definition) is 0. The zero-order valence-corrected chi connectivity index (χ0v) is 16.2. The number of benzene rings is 2. The molecule has 0 aromatic heterocycles. The second-order valence-corrected chi connectivity index (χ2v) is 7.13. The minimum absolute atomic E-state index is 0.0890. The second-order valence-electron chi connectivity index (χ2n) is 6.31. The molecule has 0 bridgehead atoms. The lowest BCUT2D eigenvalue weighted by Crippen LogP contribution is -2.57. The van der Waals surface area contributed by atoms with E-state index in [0.717, 1.165) is 12.1 Å². The molecule has 3 rings (SSSR count). The van der Waals surface area contributed by atoms with Crippen LogP contribution in [0, 0.1) is 0 Å². The fraction of sp³-hybridized carbons (Fsp3) is 0.300. The van der Waals surface area contributed by atoms with Gasteiger partial charge in [-0.25, -0.2) is 0 Å². The van der Waals surface area contributed by atoms with E-state index in [0.29, 0.717) is 28.7 Å². The molecule has 0 unspecified atom stereocenters. The summed E-state index contributed by atoms with van der Waals surface area (Å²) in [5, 5.41) is 0.721. The van der Waals surface area contributed by atoms with Crippen LogP contribution in [0.2, 0.25) is 10.0 Å². The summed E-state index contributed by atoms with van der Waals surface area (Å²) < 4.78 is 0. The first-order chi connectivity index (χ1) is 12.4. The van der Waals surface area contributed by atoms with Gasteiger partial charge in [0.15, 0.2) is 0 Å². The van der Waals surface area contributed by atoms with Gasteiger partial charge in [-0.05, 0) is 49.2 Å². The lowest BCUT2D eigenvalue weighted by molar-refractivity contribution is -0.124. The van der Waals surface area contributed by atoms with Gasteiger partial charge in [0, 0.05) is 24.3 Å². The highest BCUT2D eigenvalue weighted by atomic mass is 35.5. The van der Waals surface area contributed by atoms with Crippen molar-refractivity contribution in [3.8, 4) is 0 Å². The fourth-order valence-corrected chi connectivity index (χ4v) is 3.41. The quantitative estimate of drug-likeness (QED) is 0.777. The first kappa shape index (κ1) is 18.7. The molecule has 2 aromatic rings. The molecule has 0 radical (unpaired) electrons. The third-order valence-corrected chi connectivity index (χ3v) is 5.48. The van der Waals surface area contributed by atoms with Crippen LogP contribution in [0.15, 0.2) is 42.5 Å². The van der Waals surface area contributed by atoms with Gasteiger partial charge in [0.2, 0.25) is 5.91 Å². The van der Waals surface area contributed by atoms with Gasteiger partial charge >= 0.3 is 0 Å². The summed E-state index contributed by atoms with van der Waals surface area (Å²) in [7, 11) is 0. The Morgan fingerprint density at radius 2 is 1.77 bits per heavy atom. The maximum absolute atomic E-state index is 12.8. The number of hydrogen-bond acceptors (Lipinski definition) is 2. The van der Waals surface area contributed by atoms with E-state index in [1.165, 1.54) is 5.56 Å². The van der Waals surface area contributed by atoms with Crippen LogP contribution in [0.3, 0.4) is 0 Å². The number of nitrogens with zero attached hydrogens (tertiary/aromatic N) is 2. The molecule has 1 fully saturated rings. The maximum Gasteiger partial charge on any atom is 0.254 e. The van der Waals surface area contributed by atoms with Crippen molar-refractivity contribution in [3.63, 3.8) is 0 Å². The SMILES string of the molecule is CCc1ccc(N2CCN(C(=O)c3ccc(Cl)c(Cl)c3)[C@H](C)C2=O)cc1. The maximum atomic E-state index is 12.8. The summed E-state index contributed by atoms with van der Waals surface area (Å²) in [4.78, 5) is 29.0. The first-order valence-corrected chi connectivity index (χ1v) is 9.34. The van der Waals surface area contributed by atoms with Crippen molar-refractivity contribution in [2.75, 3.05) is 18.0 Å². The van der Waals surface area contributed by atoms with E-state index in [1.54, 1.807) is 34.9 Å². The van der Waals surface area contributed by atoms with Crippen LogP contribution in [-0.4, -0.2) is 35.8 Å². The van der Waals surface area contributed by atoms with Crippen molar-refractivity contribution >= 4 is 40.7 Å².